The van der Waals surface area contributed by atoms with Crippen LogP contribution in [0.3, 0.4) is 0 Å². The van der Waals surface area contributed by atoms with E-state index in [2.05, 4.69) is 67.5 Å². The summed E-state index contributed by atoms with van der Waals surface area (Å²) in [5.74, 6) is 0.0507. The van der Waals surface area contributed by atoms with E-state index in [4.69, 9.17) is 0 Å². The number of benzene rings is 2. The molecule has 1 saturated heterocycles. The molecule has 1 heterocycles. The summed E-state index contributed by atoms with van der Waals surface area (Å²) in [4.78, 5) is 17.2. The van der Waals surface area contributed by atoms with Gasteiger partial charge in [0.2, 0.25) is 5.91 Å². The molecule has 0 aromatic heterocycles. The molecule has 5 heteroatoms. The third kappa shape index (κ3) is 6.03. The normalized spacial score (nSPS) is 17.1. The average Bonchev–Trinajstić information content (AvgIpc) is 2.70. The summed E-state index contributed by atoms with van der Waals surface area (Å²) in [5, 5.41) is 3.00. The Hall–Kier alpha value is -1.95. The molecule has 3 rings (SSSR count). The zero-order valence-corrected chi connectivity index (χ0v) is 17.2. The molecule has 27 heavy (non-hydrogen) atoms. The Kier molecular flexibility index (Phi) is 7.21. The Morgan fingerprint density at radius 3 is 2.41 bits per heavy atom. The number of halogens is 1. The molecule has 1 atom stereocenters. The Morgan fingerprint density at radius 2 is 1.74 bits per heavy atom. The van der Waals surface area contributed by atoms with E-state index in [0.29, 0.717) is 0 Å². The quantitative estimate of drug-likeness (QED) is 0.753. The monoisotopic (exact) mass is 427 g/mol. The van der Waals surface area contributed by atoms with Crippen LogP contribution in [0, 0.1) is 0 Å². The molecule has 2 aromatic carbocycles. The lowest BCUT2D eigenvalue weighted by molar-refractivity contribution is -0.121. The molecule has 4 nitrogen and oxygen atoms in total. The maximum absolute atomic E-state index is 12.5. The van der Waals surface area contributed by atoms with Gasteiger partial charge in [-0.25, -0.2) is 0 Å². The average molecular weight is 428 g/mol. The highest BCUT2D eigenvalue weighted by molar-refractivity contribution is 9.10. The minimum absolute atomic E-state index is 0.0507. The Morgan fingerprint density at radius 1 is 1.07 bits per heavy atom. The molecule has 1 fully saturated rings. The number of piperazine rings is 1. The summed E-state index contributed by atoms with van der Waals surface area (Å²) >= 11 is 3.41. The van der Waals surface area contributed by atoms with Crippen LogP contribution in [0.25, 0.3) is 6.08 Å². The molecule has 0 aliphatic carbocycles. The number of carbonyl (C=O) groups is 1. The molecule has 0 radical (unpaired) electrons. The summed E-state index contributed by atoms with van der Waals surface area (Å²) in [5.41, 5.74) is 2.06. The van der Waals surface area contributed by atoms with E-state index < -0.39 is 0 Å². The number of nitrogens with zero attached hydrogens (tertiary/aromatic N) is 2. The van der Waals surface area contributed by atoms with Crippen LogP contribution in [0.2, 0.25) is 0 Å². The molecular formula is C22H26BrN3O. The fourth-order valence-corrected chi connectivity index (χ4v) is 3.45. The van der Waals surface area contributed by atoms with Crippen LogP contribution < -0.4 is 5.32 Å². The Balaban J connectivity index is 1.43. The first-order valence-corrected chi connectivity index (χ1v) is 10.2. The second-order valence-electron chi connectivity index (χ2n) is 6.82. The van der Waals surface area contributed by atoms with Crippen LogP contribution in [0.5, 0.6) is 0 Å². The first-order valence-electron chi connectivity index (χ1n) is 9.36. The van der Waals surface area contributed by atoms with Crippen LogP contribution in [-0.2, 0) is 4.79 Å². The lowest BCUT2D eigenvalue weighted by atomic mass is 10.2. The van der Waals surface area contributed by atoms with Crippen LogP contribution >= 0.6 is 15.9 Å². The van der Waals surface area contributed by atoms with Crippen LogP contribution in [-0.4, -0.2) is 54.5 Å². The van der Waals surface area contributed by atoms with E-state index in [9.17, 15) is 4.79 Å². The minimum Gasteiger partial charge on any atom is -0.325 e. The number of carbonyl (C=O) groups excluding carboxylic acids is 1. The molecule has 142 valence electrons. The Labute approximate surface area is 170 Å². The van der Waals surface area contributed by atoms with Crippen molar-refractivity contribution in [2.45, 2.75) is 13.0 Å². The fourth-order valence-electron chi connectivity index (χ4n) is 3.18. The van der Waals surface area contributed by atoms with Crippen LogP contribution in [0.15, 0.2) is 65.1 Å². The lowest BCUT2D eigenvalue weighted by Gasteiger charge is -2.37. The summed E-state index contributed by atoms with van der Waals surface area (Å²) in [6, 6.07) is 17.9. The summed E-state index contributed by atoms with van der Waals surface area (Å²) < 4.78 is 1.01. The van der Waals surface area contributed by atoms with Crippen LogP contribution in [0.1, 0.15) is 12.5 Å². The first kappa shape index (κ1) is 19.8. The maximum Gasteiger partial charge on any atom is 0.241 e. The second kappa shape index (κ2) is 9.83. The molecule has 2 aromatic rings. The number of anilines is 1. The number of nitrogens with one attached hydrogen (secondary N) is 1. The van der Waals surface area contributed by atoms with Gasteiger partial charge in [0.1, 0.15) is 0 Å². The first-order chi connectivity index (χ1) is 13.1. The third-order valence-corrected chi connectivity index (χ3v) is 5.45. The number of amides is 1. The van der Waals surface area contributed by atoms with E-state index in [0.717, 1.165) is 42.9 Å². The molecule has 1 unspecified atom stereocenters. The fraction of sp³-hybridized carbons (Fsp3) is 0.318. The SMILES string of the molecule is CC(C(=O)Nc1ccc(Br)cc1)N1CCN(CC=Cc2ccccc2)CC1. The lowest BCUT2D eigenvalue weighted by Crippen LogP contribution is -2.52. The van der Waals surface area contributed by atoms with E-state index in [1.54, 1.807) is 0 Å². The molecule has 0 spiro atoms. The van der Waals surface area contributed by atoms with Crippen molar-refractivity contribution in [1.82, 2.24) is 9.80 Å². The van der Waals surface area contributed by atoms with E-state index >= 15 is 0 Å². The van der Waals surface area contributed by atoms with Gasteiger partial charge >= 0.3 is 0 Å². The van der Waals surface area contributed by atoms with Gasteiger partial charge in [0.05, 0.1) is 6.04 Å². The standard InChI is InChI=1S/C22H26BrN3O/c1-18(22(27)24-21-11-9-20(23)10-12-21)26-16-14-25(15-17-26)13-5-8-19-6-3-2-4-7-19/h2-12,18H,13-17H2,1H3,(H,24,27). The molecule has 1 N–H and O–H groups in total. The number of rotatable bonds is 6. The van der Waals surface area contributed by atoms with Crippen molar-refractivity contribution < 1.29 is 4.79 Å². The highest BCUT2D eigenvalue weighted by atomic mass is 79.9. The highest BCUT2D eigenvalue weighted by Crippen LogP contribution is 2.15. The second-order valence-corrected chi connectivity index (χ2v) is 7.74. The van der Waals surface area contributed by atoms with Gasteiger partial charge < -0.3 is 5.32 Å². The predicted octanol–water partition coefficient (Wildman–Crippen LogP) is 4.11. The molecule has 1 aliphatic heterocycles. The van der Waals surface area contributed by atoms with Gasteiger partial charge in [-0.15, -0.1) is 0 Å². The summed E-state index contributed by atoms with van der Waals surface area (Å²) in [6.45, 7) is 6.72. The zero-order valence-electron chi connectivity index (χ0n) is 15.6. The van der Waals surface area contributed by atoms with Gasteiger partial charge in [-0.3, -0.25) is 14.6 Å². The van der Waals surface area contributed by atoms with Crippen molar-refractivity contribution in [2.24, 2.45) is 0 Å². The molecule has 1 amide bonds. The van der Waals surface area contributed by atoms with Crippen LogP contribution in [0.4, 0.5) is 5.69 Å². The Bertz CT molecular complexity index is 753. The molecule has 0 bridgehead atoms. The van der Waals surface area contributed by atoms with Gasteiger partial charge in [0.25, 0.3) is 0 Å². The van der Waals surface area contributed by atoms with Crippen molar-refractivity contribution in [3.63, 3.8) is 0 Å². The van der Waals surface area contributed by atoms with Gasteiger partial charge in [-0.1, -0.05) is 58.4 Å². The van der Waals surface area contributed by atoms with E-state index in [1.165, 1.54) is 5.56 Å². The van der Waals surface area contributed by atoms with Crippen molar-refractivity contribution in [2.75, 3.05) is 38.0 Å². The van der Waals surface area contributed by atoms with Crippen molar-refractivity contribution in [3.05, 3.63) is 70.7 Å². The minimum atomic E-state index is -0.129. The molecular weight excluding hydrogens is 402 g/mol. The van der Waals surface area contributed by atoms with E-state index in [1.807, 2.05) is 37.3 Å². The van der Waals surface area contributed by atoms with Crippen molar-refractivity contribution >= 4 is 33.6 Å². The maximum atomic E-state index is 12.5. The topological polar surface area (TPSA) is 35.6 Å². The third-order valence-electron chi connectivity index (χ3n) is 4.92. The molecule has 0 saturated carbocycles. The summed E-state index contributed by atoms with van der Waals surface area (Å²) in [6.07, 6.45) is 4.38. The van der Waals surface area contributed by atoms with Gasteiger partial charge in [-0.2, -0.15) is 0 Å². The summed E-state index contributed by atoms with van der Waals surface area (Å²) in [7, 11) is 0. The van der Waals surface area contributed by atoms with Gasteiger partial charge in [0, 0.05) is 42.9 Å². The smallest absolute Gasteiger partial charge is 0.241 e. The van der Waals surface area contributed by atoms with Crippen molar-refractivity contribution in [1.29, 1.82) is 0 Å². The van der Waals surface area contributed by atoms with E-state index in [-0.39, 0.29) is 11.9 Å². The number of hydrogen-bond acceptors (Lipinski definition) is 3. The highest BCUT2D eigenvalue weighted by Gasteiger charge is 2.25. The van der Waals surface area contributed by atoms with Gasteiger partial charge in [-0.05, 0) is 36.8 Å². The zero-order chi connectivity index (χ0) is 19.1. The largest absolute Gasteiger partial charge is 0.325 e. The number of hydrogen-bond donors (Lipinski definition) is 1. The molecule has 1 aliphatic rings. The van der Waals surface area contributed by atoms with Gasteiger partial charge in [0.15, 0.2) is 0 Å². The predicted molar refractivity (Wildman–Crippen MR) is 116 cm³/mol. The van der Waals surface area contributed by atoms with Crippen molar-refractivity contribution in [3.8, 4) is 0 Å².